The van der Waals surface area contributed by atoms with Gasteiger partial charge in [0, 0.05) is 19.0 Å². The van der Waals surface area contributed by atoms with Crippen LogP contribution in [0.2, 0.25) is 5.02 Å². The Labute approximate surface area is 156 Å². The topological polar surface area (TPSA) is 123 Å². The highest BCUT2D eigenvalue weighted by molar-refractivity contribution is 7.94. The molecule has 0 bridgehead atoms. The highest BCUT2D eigenvalue weighted by Crippen LogP contribution is 2.25. The highest BCUT2D eigenvalue weighted by atomic mass is 35.5. The average Bonchev–Trinajstić information content (AvgIpc) is 2.94. The van der Waals surface area contributed by atoms with Crippen LogP contribution in [0.4, 0.5) is 4.79 Å². The predicted molar refractivity (Wildman–Crippen MR) is 99.0 cm³/mol. The van der Waals surface area contributed by atoms with Crippen molar-refractivity contribution in [3.8, 4) is 0 Å². The Morgan fingerprint density at radius 3 is 2.68 bits per heavy atom. The molecule has 0 spiro atoms. The molecule has 1 aromatic heterocycles. The first-order valence-corrected chi connectivity index (χ1v) is 10.3. The van der Waals surface area contributed by atoms with Crippen molar-refractivity contribution in [3.05, 3.63) is 16.5 Å². The van der Waals surface area contributed by atoms with E-state index in [2.05, 4.69) is 14.4 Å². The Morgan fingerprint density at radius 1 is 1.48 bits per heavy atom. The van der Waals surface area contributed by atoms with Crippen LogP contribution in [0.15, 0.2) is 20.0 Å². The van der Waals surface area contributed by atoms with Crippen LogP contribution in [-0.2, 0) is 19.4 Å². The predicted octanol–water partition coefficient (Wildman–Crippen LogP) is 1.99. The summed E-state index contributed by atoms with van der Waals surface area (Å²) in [7, 11) is -2.05. The van der Waals surface area contributed by atoms with Gasteiger partial charge in [-0.3, -0.25) is 4.79 Å². The monoisotopic (exact) mass is 410 g/mol. The Hall–Kier alpha value is -1.20. The number of ether oxygens (including phenoxy) is 1. The number of nitrogens with two attached hydrogens (primary N) is 1. The minimum absolute atomic E-state index is 0.171. The van der Waals surface area contributed by atoms with E-state index in [4.69, 9.17) is 22.1 Å². The zero-order chi connectivity index (χ0) is 19.0. The minimum atomic E-state index is -3.54. The van der Waals surface area contributed by atoms with E-state index >= 15 is 0 Å². The van der Waals surface area contributed by atoms with Gasteiger partial charge in [0.15, 0.2) is 9.92 Å². The van der Waals surface area contributed by atoms with E-state index in [1.807, 2.05) is 13.8 Å². The van der Waals surface area contributed by atoms with Crippen LogP contribution in [0.25, 0.3) is 0 Å². The molecule has 142 valence electrons. The number of urea groups is 1. The summed E-state index contributed by atoms with van der Waals surface area (Å²) in [4.78, 5) is 24.2. The van der Waals surface area contributed by atoms with Gasteiger partial charge in [0.25, 0.3) is 5.91 Å². The number of amides is 3. The van der Waals surface area contributed by atoms with Crippen LogP contribution in [0.1, 0.15) is 20.3 Å². The number of carbonyl (C=O) groups excluding carboxylic acids is 2. The molecular weight excluding hydrogens is 388 g/mol. The van der Waals surface area contributed by atoms with Gasteiger partial charge in [-0.2, -0.15) is 0 Å². The summed E-state index contributed by atoms with van der Waals surface area (Å²) in [5, 5.41) is 4.34. The second-order valence-corrected chi connectivity index (χ2v) is 9.11. The molecular formula is C14H23ClN4O4S2. The molecule has 1 rings (SSSR count). The number of hydrogen-bond acceptors (Lipinski definition) is 6. The molecule has 2 atom stereocenters. The van der Waals surface area contributed by atoms with Gasteiger partial charge in [-0.1, -0.05) is 25.4 Å². The molecule has 0 aliphatic carbocycles. The normalized spacial score (nSPS) is 14.6. The summed E-state index contributed by atoms with van der Waals surface area (Å²) in [6, 6.07) is -0.232. The molecule has 0 radical (unpaired) electrons. The SMILES string of the molecule is COCCNC(=O)NS(=O)(=NC(=O)C(N)CC(C)C)c1cc(Cl)cs1. The summed E-state index contributed by atoms with van der Waals surface area (Å²) >= 11 is 6.90. The van der Waals surface area contributed by atoms with Gasteiger partial charge in [-0.15, -0.1) is 15.7 Å². The molecule has 0 saturated carbocycles. The number of halogens is 1. The maximum absolute atomic E-state index is 13.1. The zero-order valence-corrected chi connectivity index (χ0v) is 16.7. The molecule has 8 nitrogen and oxygen atoms in total. The lowest BCUT2D eigenvalue weighted by atomic mass is 10.0. The molecule has 25 heavy (non-hydrogen) atoms. The van der Waals surface area contributed by atoms with Crippen molar-refractivity contribution < 1.29 is 18.5 Å². The van der Waals surface area contributed by atoms with E-state index in [1.54, 1.807) is 0 Å². The van der Waals surface area contributed by atoms with Crippen molar-refractivity contribution in [1.82, 2.24) is 10.0 Å². The third-order valence-corrected chi connectivity index (χ3v) is 6.50. The molecule has 0 saturated heterocycles. The number of hydrogen-bond donors (Lipinski definition) is 3. The maximum Gasteiger partial charge on any atom is 0.327 e. The third kappa shape index (κ3) is 7.28. The molecule has 11 heteroatoms. The van der Waals surface area contributed by atoms with Gasteiger partial charge < -0.3 is 15.8 Å². The van der Waals surface area contributed by atoms with Crippen LogP contribution in [0, 0.1) is 5.92 Å². The van der Waals surface area contributed by atoms with Crippen LogP contribution < -0.4 is 15.8 Å². The van der Waals surface area contributed by atoms with Crippen LogP contribution >= 0.6 is 22.9 Å². The molecule has 2 unspecified atom stereocenters. The van der Waals surface area contributed by atoms with E-state index in [1.165, 1.54) is 18.6 Å². The quantitative estimate of drug-likeness (QED) is 0.565. The largest absolute Gasteiger partial charge is 0.383 e. The fourth-order valence-electron chi connectivity index (χ4n) is 1.79. The average molecular weight is 411 g/mol. The maximum atomic E-state index is 13.1. The lowest BCUT2D eigenvalue weighted by Gasteiger charge is -2.14. The minimum Gasteiger partial charge on any atom is -0.383 e. The van der Waals surface area contributed by atoms with Crippen LogP contribution in [0.3, 0.4) is 0 Å². The van der Waals surface area contributed by atoms with Crippen molar-refractivity contribution >= 4 is 44.8 Å². The van der Waals surface area contributed by atoms with Gasteiger partial charge in [0.1, 0.15) is 4.21 Å². The van der Waals surface area contributed by atoms with Crippen molar-refractivity contribution in [2.24, 2.45) is 16.0 Å². The first kappa shape index (κ1) is 21.8. The fourth-order valence-corrected chi connectivity index (χ4v) is 4.79. The number of carbonyl (C=O) groups is 2. The van der Waals surface area contributed by atoms with E-state index in [9.17, 15) is 13.8 Å². The van der Waals surface area contributed by atoms with Gasteiger partial charge in [0.2, 0.25) is 0 Å². The van der Waals surface area contributed by atoms with E-state index in [0.717, 1.165) is 11.3 Å². The van der Waals surface area contributed by atoms with Gasteiger partial charge in [0.05, 0.1) is 17.7 Å². The van der Waals surface area contributed by atoms with E-state index < -0.39 is 27.9 Å². The summed E-state index contributed by atoms with van der Waals surface area (Å²) < 4.78 is 24.1. The van der Waals surface area contributed by atoms with Crippen LogP contribution in [-0.4, -0.2) is 42.5 Å². The number of rotatable bonds is 8. The smallest absolute Gasteiger partial charge is 0.327 e. The standard InChI is InChI=1S/C14H23ClN4O4S2/c1-9(2)6-11(16)13(20)18-25(22,12-7-10(15)8-24-12)19-14(21)17-4-5-23-3/h7-9,11H,4-6,16H2,1-3H3,(H2,17,18,19,20,21,22). The molecule has 1 heterocycles. The van der Waals surface area contributed by atoms with Gasteiger partial charge in [-0.25, -0.2) is 13.7 Å². The number of nitrogens with zero attached hydrogens (tertiary/aromatic N) is 1. The Morgan fingerprint density at radius 2 is 2.16 bits per heavy atom. The third-order valence-electron chi connectivity index (χ3n) is 2.90. The number of methoxy groups -OCH3 is 1. The lowest BCUT2D eigenvalue weighted by Crippen LogP contribution is -2.41. The van der Waals surface area contributed by atoms with E-state index in [-0.39, 0.29) is 23.3 Å². The molecule has 0 aliphatic rings. The van der Waals surface area contributed by atoms with E-state index in [0.29, 0.717) is 11.4 Å². The van der Waals surface area contributed by atoms with Crippen molar-refractivity contribution in [2.45, 2.75) is 30.5 Å². The molecule has 0 aliphatic heterocycles. The van der Waals surface area contributed by atoms with Gasteiger partial charge >= 0.3 is 6.03 Å². The number of nitrogens with one attached hydrogen (secondary N) is 2. The highest BCUT2D eigenvalue weighted by Gasteiger charge is 2.23. The number of thiophene rings is 1. The first-order valence-electron chi connectivity index (χ1n) is 7.53. The second-order valence-electron chi connectivity index (χ2n) is 5.63. The summed E-state index contributed by atoms with van der Waals surface area (Å²) in [6.07, 6.45) is 0.392. The van der Waals surface area contributed by atoms with Gasteiger partial charge in [-0.05, 0) is 18.4 Å². The second kappa shape index (κ2) is 10.1. The first-order chi connectivity index (χ1) is 11.7. The van der Waals surface area contributed by atoms with Crippen molar-refractivity contribution in [3.63, 3.8) is 0 Å². The molecule has 4 N–H and O–H groups in total. The summed E-state index contributed by atoms with van der Waals surface area (Å²) in [5.74, 6) is -0.563. The Kier molecular flexibility index (Phi) is 8.80. The molecule has 3 amide bonds. The Bertz CT molecular complexity index is 713. The van der Waals surface area contributed by atoms with Crippen molar-refractivity contribution in [2.75, 3.05) is 20.3 Å². The zero-order valence-electron chi connectivity index (χ0n) is 14.3. The van der Waals surface area contributed by atoms with Crippen molar-refractivity contribution in [1.29, 1.82) is 0 Å². The molecule has 0 aromatic carbocycles. The summed E-state index contributed by atoms with van der Waals surface area (Å²) in [5.41, 5.74) is 5.80. The molecule has 1 aromatic rings. The lowest BCUT2D eigenvalue weighted by molar-refractivity contribution is -0.119. The molecule has 0 fully saturated rings. The Balaban J connectivity index is 3.07. The van der Waals surface area contributed by atoms with Crippen LogP contribution in [0.5, 0.6) is 0 Å². The summed E-state index contributed by atoms with van der Waals surface area (Å²) in [6.45, 7) is 4.31. The fraction of sp³-hybridized carbons (Fsp3) is 0.571.